The van der Waals surface area contributed by atoms with Gasteiger partial charge in [0.25, 0.3) is 0 Å². The Balaban J connectivity index is 1.58. The van der Waals surface area contributed by atoms with E-state index in [4.69, 9.17) is 4.74 Å². The fourth-order valence-electron chi connectivity index (χ4n) is 7.06. The van der Waals surface area contributed by atoms with Gasteiger partial charge in [-0.3, -0.25) is 14.4 Å². The molecule has 9 nitrogen and oxygen atoms in total. The first-order valence-corrected chi connectivity index (χ1v) is 14.3. The Hall–Kier alpha value is -2.30. The van der Waals surface area contributed by atoms with E-state index in [-0.39, 0.29) is 35.5 Å². The van der Waals surface area contributed by atoms with Crippen LogP contribution in [0.2, 0.25) is 0 Å². The van der Waals surface area contributed by atoms with E-state index < -0.39 is 33.1 Å². The van der Waals surface area contributed by atoms with Crippen LogP contribution in [0.4, 0.5) is 0 Å². The van der Waals surface area contributed by atoms with Gasteiger partial charge in [-0.05, 0) is 63.6 Å². The van der Waals surface area contributed by atoms with Crippen molar-refractivity contribution in [3.8, 4) is 11.5 Å². The maximum Gasteiger partial charge on any atom is 0.249 e. The minimum atomic E-state index is -3.76. The van der Waals surface area contributed by atoms with Crippen LogP contribution in [0.5, 0.6) is 11.5 Å². The van der Waals surface area contributed by atoms with Crippen LogP contribution < -0.4 is 14.8 Å². The molecule has 1 saturated carbocycles. The predicted octanol–water partition coefficient (Wildman–Crippen LogP) is 0.894. The third kappa shape index (κ3) is 3.25. The predicted molar refractivity (Wildman–Crippen MR) is 128 cm³/mol. The number of hydrogen-bond donors (Lipinski definition) is 4. The molecule has 0 aromatic heterocycles. The third-order valence-corrected chi connectivity index (χ3v) is 9.13. The molecular weight excluding hydrogens is 470 g/mol. The van der Waals surface area contributed by atoms with Crippen LogP contribution in [0.25, 0.3) is 0 Å². The number of phenolic OH excluding ortho intramolecular Hbond substituents is 1. The lowest BCUT2D eigenvalue weighted by Crippen LogP contribution is -2.76. The number of rotatable bonds is 6. The Morgan fingerprint density at radius 3 is 2.71 bits per heavy atom. The summed E-state index contributed by atoms with van der Waals surface area (Å²) in [6, 6.07) is 3.08. The number of aromatic hydroxyl groups is 1. The van der Waals surface area contributed by atoms with Crippen LogP contribution in [0, 0.1) is 5.92 Å². The molecule has 2 fully saturated rings. The Morgan fingerprint density at radius 2 is 2.06 bits per heavy atom. The molecule has 35 heavy (non-hydrogen) atoms. The quantitative estimate of drug-likeness (QED) is 0.454. The highest BCUT2D eigenvalue weighted by Gasteiger charge is 2.73. The largest absolute Gasteiger partial charge is 0.504 e. The molecule has 1 amide bonds. The maximum atomic E-state index is 13.4. The van der Waals surface area contributed by atoms with E-state index in [0.717, 1.165) is 30.5 Å². The number of phenols is 1. The molecule has 1 saturated heterocycles. The highest BCUT2D eigenvalue weighted by Crippen LogP contribution is 2.66. The molecule has 2 heterocycles. The van der Waals surface area contributed by atoms with Crippen LogP contribution in [0.1, 0.15) is 50.7 Å². The normalized spacial score (nSPS) is 33.4. The highest BCUT2D eigenvalue weighted by atomic mass is 32.2. The monoisotopic (exact) mass is 503 g/mol. The molecule has 0 radical (unpaired) electrons. The molecule has 2 bridgehead atoms. The first-order chi connectivity index (χ1) is 16.4. The van der Waals surface area contributed by atoms with E-state index >= 15 is 0 Å². The van der Waals surface area contributed by atoms with E-state index in [2.05, 4.69) is 14.9 Å². The zero-order valence-corrected chi connectivity index (χ0v) is 21.1. The molecule has 2 aliphatic heterocycles. The molecule has 0 unspecified atom stereocenters. The lowest BCUT2D eigenvalue weighted by atomic mass is 9.49. The molecule has 1 spiro atoms. The smallest absolute Gasteiger partial charge is 0.249 e. The van der Waals surface area contributed by atoms with Gasteiger partial charge in [-0.15, -0.1) is 0 Å². The van der Waals surface area contributed by atoms with Crippen molar-refractivity contribution >= 4 is 15.9 Å². The fourth-order valence-corrected chi connectivity index (χ4v) is 7.69. The highest BCUT2D eigenvalue weighted by molar-refractivity contribution is 7.88. The van der Waals surface area contributed by atoms with Crippen molar-refractivity contribution < 1.29 is 28.2 Å². The summed E-state index contributed by atoms with van der Waals surface area (Å²) < 4.78 is 33.9. The number of amides is 1. The van der Waals surface area contributed by atoms with Crippen LogP contribution in [-0.4, -0.2) is 72.6 Å². The lowest BCUT2D eigenvalue weighted by Gasteiger charge is -2.63. The van der Waals surface area contributed by atoms with Crippen molar-refractivity contribution in [2.45, 2.75) is 75.2 Å². The first-order valence-electron chi connectivity index (χ1n) is 12.4. The summed E-state index contributed by atoms with van der Waals surface area (Å²) in [4.78, 5) is 15.8. The van der Waals surface area contributed by atoms with Gasteiger partial charge in [-0.25, -0.2) is 8.42 Å². The van der Waals surface area contributed by atoms with E-state index in [0.29, 0.717) is 24.5 Å². The Bertz CT molecular complexity index is 1260. The Morgan fingerprint density at radius 1 is 1.31 bits per heavy atom. The van der Waals surface area contributed by atoms with Crippen LogP contribution in [0.15, 0.2) is 23.4 Å². The van der Waals surface area contributed by atoms with Crippen molar-refractivity contribution in [2.75, 3.05) is 19.3 Å². The number of hydrogen-bond acceptors (Lipinski definition) is 7. The minimum Gasteiger partial charge on any atom is -0.504 e. The number of nitrogens with one attached hydrogen (secondary N) is 2. The molecule has 190 valence electrons. The van der Waals surface area contributed by atoms with Crippen LogP contribution in [0.3, 0.4) is 0 Å². The molecule has 1 aromatic carbocycles. The second-order valence-corrected chi connectivity index (χ2v) is 13.1. The van der Waals surface area contributed by atoms with Gasteiger partial charge in [0.1, 0.15) is 0 Å². The number of carbonyl (C=O) groups excluding carboxylic acids is 1. The number of ether oxygens (including phenoxy) is 1. The van der Waals surface area contributed by atoms with Gasteiger partial charge in [0, 0.05) is 36.2 Å². The summed E-state index contributed by atoms with van der Waals surface area (Å²) in [5.41, 5.74) is -0.195. The Kier molecular flexibility index (Phi) is 4.86. The summed E-state index contributed by atoms with van der Waals surface area (Å²) in [7, 11) is -3.76. The number of likely N-dealkylation sites (tertiary alicyclic amines) is 1. The van der Waals surface area contributed by atoms with Gasteiger partial charge in [0.2, 0.25) is 15.9 Å². The number of aliphatic hydroxyl groups is 1. The molecule has 4 N–H and O–H groups in total. The van der Waals surface area contributed by atoms with Crippen molar-refractivity contribution in [3.63, 3.8) is 0 Å². The van der Waals surface area contributed by atoms with E-state index in [1.54, 1.807) is 6.07 Å². The van der Waals surface area contributed by atoms with E-state index in [1.165, 1.54) is 12.8 Å². The number of nitrogens with zero attached hydrogens (tertiary/aromatic N) is 1. The molecule has 4 atom stereocenters. The maximum absolute atomic E-state index is 13.4. The zero-order valence-electron chi connectivity index (χ0n) is 20.3. The summed E-state index contributed by atoms with van der Waals surface area (Å²) >= 11 is 0. The zero-order chi connectivity index (χ0) is 24.9. The van der Waals surface area contributed by atoms with Gasteiger partial charge in [0.05, 0.1) is 23.0 Å². The van der Waals surface area contributed by atoms with Gasteiger partial charge in [0.15, 0.2) is 17.6 Å². The SMILES string of the molecule is CC(C)NC(=O)C1=C(NS(C)(=O)=O)[C@@H]2Oc3c(O)ccc4c3[C@@]23CCN(CC2CC2)[C@H](C4)[C@]3(O)C1. The van der Waals surface area contributed by atoms with Crippen LogP contribution in [-0.2, 0) is 26.7 Å². The minimum absolute atomic E-state index is 0.00361. The molecule has 5 aliphatic rings. The number of piperidine rings is 1. The lowest BCUT2D eigenvalue weighted by molar-refractivity contribution is -0.168. The van der Waals surface area contributed by atoms with Crippen molar-refractivity contribution in [1.29, 1.82) is 0 Å². The van der Waals surface area contributed by atoms with Crippen molar-refractivity contribution in [2.24, 2.45) is 5.92 Å². The molecule has 10 heteroatoms. The molecule has 1 aromatic rings. The molecule has 6 rings (SSSR count). The van der Waals surface area contributed by atoms with Gasteiger partial charge >= 0.3 is 0 Å². The average molecular weight is 504 g/mol. The number of benzene rings is 1. The standard InChI is InChI=1S/C25H33N3O6S/c1-13(2)26-23(30)16-11-25(31)18-10-15-6-7-17(29)21-19(15)24(25,8-9-28(18)12-14-4-5-14)22(34-21)20(16)27-35(3,32)33/h6-7,13-14,18,22,27,29,31H,4-5,8-12H2,1-3H3,(H,26,30)/t18-,22+,24+,25-/m1/s1. The van der Waals surface area contributed by atoms with E-state index in [1.807, 2.05) is 19.9 Å². The molecular formula is C25H33N3O6S. The van der Waals surface area contributed by atoms with Crippen LogP contribution >= 0.6 is 0 Å². The average Bonchev–Trinajstić information content (AvgIpc) is 3.49. The van der Waals surface area contributed by atoms with Crippen molar-refractivity contribution in [3.05, 3.63) is 34.5 Å². The summed E-state index contributed by atoms with van der Waals surface area (Å²) in [5, 5.41) is 26.3. The van der Waals surface area contributed by atoms with Gasteiger partial charge < -0.3 is 20.3 Å². The second-order valence-electron chi connectivity index (χ2n) is 11.3. The topological polar surface area (TPSA) is 128 Å². The number of carbonyl (C=O) groups is 1. The molecule has 3 aliphatic carbocycles. The van der Waals surface area contributed by atoms with E-state index in [9.17, 15) is 23.4 Å². The second kappa shape index (κ2) is 7.36. The Labute approximate surface area is 205 Å². The van der Waals surface area contributed by atoms with Gasteiger partial charge in [-0.2, -0.15) is 0 Å². The first kappa shape index (κ1) is 23.1. The third-order valence-electron chi connectivity index (χ3n) is 8.54. The van der Waals surface area contributed by atoms with Gasteiger partial charge in [-0.1, -0.05) is 6.07 Å². The summed E-state index contributed by atoms with van der Waals surface area (Å²) in [6.45, 7) is 5.30. The summed E-state index contributed by atoms with van der Waals surface area (Å²) in [5.74, 6) is 0.458. The number of sulfonamides is 1. The fraction of sp³-hybridized carbons (Fsp3) is 0.640. The summed E-state index contributed by atoms with van der Waals surface area (Å²) in [6.07, 6.45) is 3.62. The van der Waals surface area contributed by atoms with Crippen molar-refractivity contribution in [1.82, 2.24) is 14.9 Å².